The van der Waals surface area contributed by atoms with Gasteiger partial charge in [-0.15, -0.1) is 10.2 Å². The standard InChI is InChI=1S/C13H10F3N3O2/c14-13(15,16)6-1-2-7(10(20)3-6)11-8-4-21-5-9(8)12(17)19-18-11/h1-3,20H,4-5H2,(H2,17,19). The van der Waals surface area contributed by atoms with Gasteiger partial charge in [-0.2, -0.15) is 13.2 Å². The molecular formula is C13H10F3N3O2. The van der Waals surface area contributed by atoms with Crippen molar-refractivity contribution < 1.29 is 23.0 Å². The lowest BCUT2D eigenvalue weighted by Gasteiger charge is -2.11. The van der Waals surface area contributed by atoms with Gasteiger partial charge >= 0.3 is 6.18 Å². The van der Waals surface area contributed by atoms with Crippen molar-refractivity contribution in [1.29, 1.82) is 0 Å². The lowest BCUT2D eigenvalue weighted by atomic mass is 10.0. The maximum atomic E-state index is 12.6. The number of rotatable bonds is 1. The number of aromatic nitrogens is 2. The highest BCUT2D eigenvalue weighted by molar-refractivity contribution is 5.72. The highest BCUT2D eigenvalue weighted by atomic mass is 19.4. The molecule has 21 heavy (non-hydrogen) atoms. The number of anilines is 1. The maximum Gasteiger partial charge on any atom is 0.416 e. The van der Waals surface area contributed by atoms with E-state index in [1.54, 1.807) is 0 Å². The second-order valence-electron chi connectivity index (χ2n) is 4.61. The topological polar surface area (TPSA) is 81.3 Å². The Kier molecular flexibility index (Phi) is 2.98. The van der Waals surface area contributed by atoms with Crippen molar-refractivity contribution in [2.24, 2.45) is 0 Å². The minimum Gasteiger partial charge on any atom is -0.507 e. The lowest BCUT2D eigenvalue weighted by Crippen LogP contribution is -2.05. The molecule has 0 radical (unpaired) electrons. The molecular weight excluding hydrogens is 287 g/mol. The van der Waals surface area contributed by atoms with Crippen molar-refractivity contribution in [3.8, 4) is 17.0 Å². The molecule has 0 atom stereocenters. The summed E-state index contributed by atoms with van der Waals surface area (Å²) in [5.74, 6) is -0.296. The van der Waals surface area contributed by atoms with E-state index in [4.69, 9.17) is 10.5 Å². The zero-order valence-electron chi connectivity index (χ0n) is 10.6. The Bertz CT molecular complexity index is 717. The minimum absolute atomic E-state index is 0.164. The van der Waals surface area contributed by atoms with E-state index in [0.29, 0.717) is 17.2 Å². The molecule has 0 aliphatic carbocycles. The summed E-state index contributed by atoms with van der Waals surface area (Å²) in [7, 11) is 0. The zero-order valence-corrected chi connectivity index (χ0v) is 10.6. The molecule has 8 heteroatoms. The number of alkyl halides is 3. The van der Waals surface area contributed by atoms with Gasteiger partial charge in [0.05, 0.1) is 18.8 Å². The Balaban J connectivity index is 2.13. The summed E-state index contributed by atoms with van der Waals surface area (Å²) in [6, 6.07) is 2.71. The highest BCUT2D eigenvalue weighted by Gasteiger charge is 2.32. The summed E-state index contributed by atoms with van der Waals surface area (Å²) in [5.41, 5.74) is 6.48. The summed E-state index contributed by atoms with van der Waals surface area (Å²) in [6.07, 6.45) is -4.52. The monoisotopic (exact) mass is 297 g/mol. The molecule has 1 aromatic heterocycles. The van der Waals surface area contributed by atoms with Gasteiger partial charge in [0.2, 0.25) is 0 Å². The SMILES string of the molecule is Nc1nnc(-c2ccc(C(F)(F)F)cc2O)c2c1COC2. The normalized spacial score (nSPS) is 14.2. The predicted molar refractivity (Wildman–Crippen MR) is 67.0 cm³/mol. The number of halogens is 3. The van der Waals surface area contributed by atoms with Gasteiger partial charge in [-0.3, -0.25) is 0 Å². The molecule has 2 heterocycles. The third kappa shape index (κ3) is 2.27. The van der Waals surface area contributed by atoms with Gasteiger partial charge in [-0.25, -0.2) is 0 Å². The first-order valence-electron chi connectivity index (χ1n) is 6.00. The molecule has 0 spiro atoms. The molecule has 0 saturated carbocycles. The quantitative estimate of drug-likeness (QED) is 0.845. The Morgan fingerprint density at radius 3 is 2.52 bits per heavy atom. The van der Waals surface area contributed by atoms with Crippen LogP contribution in [0.15, 0.2) is 18.2 Å². The number of hydrogen-bond acceptors (Lipinski definition) is 5. The van der Waals surface area contributed by atoms with Gasteiger partial charge in [-0.1, -0.05) is 0 Å². The number of ether oxygens (including phenoxy) is 1. The van der Waals surface area contributed by atoms with Crippen LogP contribution in [0.25, 0.3) is 11.3 Å². The summed E-state index contributed by atoms with van der Waals surface area (Å²) in [4.78, 5) is 0. The molecule has 0 amide bonds. The van der Waals surface area contributed by atoms with Crippen LogP contribution in [0.5, 0.6) is 5.75 Å². The van der Waals surface area contributed by atoms with Gasteiger partial charge in [-0.05, 0) is 18.2 Å². The molecule has 0 unspecified atom stereocenters. The Labute approximate surface area is 117 Å². The van der Waals surface area contributed by atoms with Crippen molar-refractivity contribution in [1.82, 2.24) is 10.2 Å². The van der Waals surface area contributed by atoms with E-state index in [-0.39, 0.29) is 30.3 Å². The van der Waals surface area contributed by atoms with E-state index in [9.17, 15) is 18.3 Å². The van der Waals surface area contributed by atoms with E-state index in [0.717, 1.165) is 12.1 Å². The Hall–Kier alpha value is -2.35. The van der Waals surface area contributed by atoms with Gasteiger partial charge in [0.25, 0.3) is 0 Å². The van der Waals surface area contributed by atoms with Crippen molar-refractivity contribution in [3.05, 3.63) is 34.9 Å². The van der Waals surface area contributed by atoms with Crippen molar-refractivity contribution >= 4 is 5.82 Å². The number of hydrogen-bond donors (Lipinski definition) is 2. The van der Waals surface area contributed by atoms with Gasteiger partial charge in [0.1, 0.15) is 11.4 Å². The second kappa shape index (κ2) is 4.59. The number of nitrogen functional groups attached to an aromatic ring is 1. The Morgan fingerprint density at radius 1 is 1.14 bits per heavy atom. The molecule has 0 bridgehead atoms. The molecule has 0 saturated heterocycles. The lowest BCUT2D eigenvalue weighted by molar-refractivity contribution is -0.137. The van der Waals surface area contributed by atoms with Crippen LogP contribution in [-0.2, 0) is 24.1 Å². The fourth-order valence-electron chi connectivity index (χ4n) is 2.22. The smallest absolute Gasteiger partial charge is 0.416 e. The molecule has 2 aromatic rings. The van der Waals surface area contributed by atoms with Crippen LogP contribution < -0.4 is 5.73 Å². The average Bonchev–Trinajstić information content (AvgIpc) is 2.89. The van der Waals surface area contributed by atoms with Crippen molar-refractivity contribution in [2.45, 2.75) is 19.4 Å². The number of nitrogens with two attached hydrogens (primary N) is 1. The van der Waals surface area contributed by atoms with Crippen molar-refractivity contribution in [3.63, 3.8) is 0 Å². The van der Waals surface area contributed by atoms with E-state index in [1.807, 2.05) is 0 Å². The number of phenols is 1. The highest BCUT2D eigenvalue weighted by Crippen LogP contribution is 2.39. The predicted octanol–water partition coefficient (Wildman–Crippen LogP) is 2.48. The van der Waals surface area contributed by atoms with Gasteiger partial charge in [0.15, 0.2) is 5.82 Å². The number of aromatic hydroxyl groups is 1. The van der Waals surface area contributed by atoms with Crippen LogP contribution in [0, 0.1) is 0 Å². The average molecular weight is 297 g/mol. The van der Waals surface area contributed by atoms with Crippen LogP contribution in [-0.4, -0.2) is 15.3 Å². The summed E-state index contributed by atoms with van der Waals surface area (Å²) in [6.45, 7) is 0.496. The molecule has 5 nitrogen and oxygen atoms in total. The maximum absolute atomic E-state index is 12.6. The van der Waals surface area contributed by atoms with Gasteiger partial charge in [0, 0.05) is 16.7 Å². The third-order valence-electron chi connectivity index (χ3n) is 3.29. The molecule has 1 aliphatic rings. The van der Waals surface area contributed by atoms with E-state index < -0.39 is 17.5 Å². The number of phenolic OH excluding ortho intramolecular Hbond substituents is 1. The first-order valence-corrected chi connectivity index (χ1v) is 6.00. The van der Waals surface area contributed by atoms with Crippen LogP contribution in [0.3, 0.4) is 0 Å². The molecule has 0 fully saturated rings. The molecule has 1 aromatic carbocycles. The minimum atomic E-state index is -4.52. The Morgan fingerprint density at radius 2 is 1.86 bits per heavy atom. The molecule has 3 N–H and O–H groups in total. The first-order chi connectivity index (χ1) is 9.88. The molecule has 110 valence electrons. The fraction of sp³-hybridized carbons (Fsp3) is 0.231. The zero-order chi connectivity index (χ0) is 15.2. The van der Waals surface area contributed by atoms with E-state index in [1.165, 1.54) is 0 Å². The summed E-state index contributed by atoms with van der Waals surface area (Å²) < 4.78 is 43.1. The number of nitrogens with zero attached hydrogens (tertiary/aromatic N) is 2. The third-order valence-corrected chi connectivity index (χ3v) is 3.29. The van der Waals surface area contributed by atoms with Crippen LogP contribution in [0.4, 0.5) is 19.0 Å². The number of fused-ring (bicyclic) bond motifs is 1. The molecule has 1 aliphatic heterocycles. The van der Waals surface area contributed by atoms with Crippen LogP contribution in [0.1, 0.15) is 16.7 Å². The molecule has 3 rings (SSSR count). The van der Waals surface area contributed by atoms with E-state index in [2.05, 4.69) is 10.2 Å². The summed E-state index contributed by atoms with van der Waals surface area (Å²) >= 11 is 0. The van der Waals surface area contributed by atoms with Gasteiger partial charge < -0.3 is 15.6 Å². The van der Waals surface area contributed by atoms with Crippen LogP contribution >= 0.6 is 0 Å². The largest absolute Gasteiger partial charge is 0.507 e. The van der Waals surface area contributed by atoms with E-state index >= 15 is 0 Å². The fourth-order valence-corrected chi connectivity index (χ4v) is 2.22. The van der Waals surface area contributed by atoms with Crippen LogP contribution in [0.2, 0.25) is 0 Å². The second-order valence-corrected chi connectivity index (χ2v) is 4.61. The summed E-state index contributed by atoms with van der Waals surface area (Å²) in [5, 5.41) is 17.5. The van der Waals surface area contributed by atoms with Crippen molar-refractivity contribution in [2.75, 3.05) is 5.73 Å². The number of benzene rings is 1. The first kappa shape index (κ1) is 13.6.